The number of pyridine rings is 2. The van der Waals surface area contributed by atoms with E-state index in [4.69, 9.17) is 11.6 Å². The van der Waals surface area contributed by atoms with Gasteiger partial charge in [0.15, 0.2) is 0 Å². The minimum Gasteiger partial charge on any atom is -0.329 e. The van der Waals surface area contributed by atoms with Gasteiger partial charge in [-0.25, -0.2) is 26.9 Å². The highest BCUT2D eigenvalue weighted by atomic mass is 35.5. The molecule has 33 heavy (non-hydrogen) atoms. The Morgan fingerprint density at radius 2 is 2.00 bits per heavy atom. The van der Waals surface area contributed by atoms with Crippen molar-refractivity contribution in [3.63, 3.8) is 0 Å². The molecular weight excluding hydrogens is 478 g/mol. The van der Waals surface area contributed by atoms with Crippen LogP contribution in [0.5, 0.6) is 0 Å². The van der Waals surface area contributed by atoms with Gasteiger partial charge in [-0.1, -0.05) is 17.7 Å². The Morgan fingerprint density at radius 3 is 2.67 bits per heavy atom. The van der Waals surface area contributed by atoms with Crippen LogP contribution in [0.25, 0.3) is 22.2 Å². The zero-order valence-corrected chi connectivity index (χ0v) is 18.5. The van der Waals surface area contributed by atoms with Gasteiger partial charge in [-0.3, -0.25) is 9.59 Å². The summed E-state index contributed by atoms with van der Waals surface area (Å²) in [5.41, 5.74) is -0.565. The first-order valence-corrected chi connectivity index (χ1v) is 11.6. The summed E-state index contributed by atoms with van der Waals surface area (Å²) in [7, 11) is -4.00. The molecule has 0 unspecified atom stereocenters. The first kappa shape index (κ1) is 22.6. The van der Waals surface area contributed by atoms with Crippen LogP contribution in [0.15, 0.2) is 53.6 Å². The van der Waals surface area contributed by atoms with Crippen LogP contribution < -0.4 is 10.3 Å². The number of hydrogen-bond acceptors (Lipinski definition) is 5. The lowest BCUT2D eigenvalue weighted by molar-refractivity contribution is 0.0974. The third-order valence-corrected chi connectivity index (χ3v) is 5.55. The van der Waals surface area contributed by atoms with Gasteiger partial charge in [-0.15, -0.1) is 0 Å². The van der Waals surface area contributed by atoms with Crippen molar-refractivity contribution in [2.75, 3.05) is 6.26 Å². The zero-order chi connectivity index (χ0) is 23.9. The minimum absolute atomic E-state index is 0.00646. The normalized spacial score (nSPS) is 11.6. The summed E-state index contributed by atoms with van der Waals surface area (Å²) in [6.07, 6.45) is 3.47. The van der Waals surface area contributed by atoms with Crippen LogP contribution in [0.4, 0.5) is 8.78 Å². The van der Waals surface area contributed by atoms with Crippen molar-refractivity contribution in [3.05, 3.63) is 87.1 Å². The van der Waals surface area contributed by atoms with Gasteiger partial charge < -0.3 is 9.55 Å². The molecule has 0 bridgehead atoms. The molecule has 0 saturated carbocycles. The van der Waals surface area contributed by atoms with Crippen LogP contribution in [-0.4, -0.2) is 35.1 Å². The summed E-state index contributed by atoms with van der Waals surface area (Å²) in [6, 6.07) is 7.35. The third-order valence-electron chi connectivity index (χ3n) is 4.79. The molecule has 0 spiro atoms. The van der Waals surface area contributed by atoms with E-state index < -0.39 is 33.1 Å². The summed E-state index contributed by atoms with van der Waals surface area (Å²) in [4.78, 5) is 32.5. The van der Waals surface area contributed by atoms with E-state index in [9.17, 15) is 26.8 Å². The highest BCUT2D eigenvalue weighted by molar-refractivity contribution is 7.89. The number of aromatic amines is 1. The number of rotatable bonds is 5. The number of carbonyl (C=O) groups is 1. The molecule has 170 valence electrons. The molecule has 1 aromatic carbocycles. The molecule has 0 atom stereocenters. The van der Waals surface area contributed by atoms with Crippen molar-refractivity contribution in [1.29, 1.82) is 0 Å². The number of H-pyrrole nitrogens is 1. The van der Waals surface area contributed by atoms with Crippen molar-refractivity contribution < 1.29 is 22.0 Å². The lowest BCUT2D eigenvalue weighted by Gasteiger charge is -2.12. The Bertz CT molecular complexity index is 1580. The van der Waals surface area contributed by atoms with Gasteiger partial charge >= 0.3 is 0 Å². The van der Waals surface area contributed by atoms with Gasteiger partial charge in [0.2, 0.25) is 10.0 Å². The quantitative estimate of drug-likeness (QED) is 0.444. The molecule has 0 radical (unpaired) electrons. The van der Waals surface area contributed by atoms with Gasteiger partial charge in [-0.2, -0.15) is 0 Å². The van der Waals surface area contributed by atoms with E-state index >= 15 is 0 Å². The van der Waals surface area contributed by atoms with E-state index in [-0.39, 0.29) is 45.0 Å². The number of carbonyl (C=O) groups excluding carboxylic acids is 1. The Hall–Kier alpha value is -3.57. The summed E-state index contributed by atoms with van der Waals surface area (Å²) >= 11 is 6.11. The highest BCUT2D eigenvalue weighted by Gasteiger charge is 2.28. The smallest absolute Gasteiger partial charge is 0.282 e. The molecule has 0 aliphatic rings. The fourth-order valence-electron chi connectivity index (χ4n) is 3.52. The molecular formula is C21H15ClF2N4O4S. The average Bonchev–Trinajstić information content (AvgIpc) is 3.02. The van der Waals surface area contributed by atoms with Crippen molar-refractivity contribution in [2.45, 2.75) is 6.54 Å². The second kappa shape index (κ2) is 8.41. The standard InChI is InChI=1S/C21H15ClF2N4O4S/c1-33(31,32)27-21(30)18-17(14-3-2-6-25-20(14)29)15-7-12(22)9-26-19(15)28(18)10-11-4-5-13(23)8-16(11)24/h2-9H,10H2,1H3,(H,25,29)(H,27,30). The molecule has 2 N–H and O–H groups in total. The monoisotopic (exact) mass is 492 g/mol. The molecule has 0 saturated heterocycles. The zero-order valence-electron chi connectivity index (χ0n) is 16.9. The van der Waals surface area contributed by atoms with E-state index in [0.29, 0.717) is 6.07 Å². The molecule has 8 nitrogen and oxygen atoms in total. The molecule has 3 heterocycles. The predicted octanol–water partition coefficient (Wildman–Crippen LogP) is 3.06. The topological polar surface area (TPSA) is 114 Å². The second-order valence-electron chi connectivity index (χ2n) is 7.19. The minimum atomic E-state index is -4.00. The Kier molecular flexibility index (Phi) is 5.76. The molecule has 0 aliphatic heterocycles. The van der Waals surface area contributed by atoms with Gasteiger partial charge in [0.25, 0.3) is 11.5 Å². The molecule has 4 aromatic rings. The first-order valence-electron chi connectivity index (χ1n) is 9.37. The molecule has 0 aliphatic carbocycles. The van der Waals surface area contributed by atoms with Crippen LogP contribution in [0.3, 0.4) is 0 Å². The van der Waals surface area contributed by atoms with Crippen LogP contribution in [0, 0.1) is 11.6 Å². The van der Waals surface area contributed by atoms with Crippen molar-refractivity contribution >= 4 is 38.6 Å². The fraction of sp³-hybridized carbons (Fsp3) is 0.0952. The van der Waals surface area contributed by atoms with Crippen LogP contribution in [0.2, 0.25) is 5.02 Å². The number of aromatic nitrogens is 3. The Labute approximate surface area is 190 Å². The number of benzene rings is 1. The summed E-state index contributed by atoms with van der Waals surface area (Å²) in [5.74, 6) is -2.73. The number of nitrogens with one attached hydrogen (secondary N) is 2. The SMILES string of the molecule is CS(=O)(=O)NC(=O)c1c(-c2ccc[nH]c2=O)c2cc(Cl)cnc2n1Cc1ccc(F)cc1F. The maximum atomic E-state index is 14.5. The maximum absolute atomic E-state index is 14.5. The first-order chi connectivity index (χ1) is 15.5. The summed E-state index contributed by atoms with van der Waals surface area (Å²) in [6.45, 7) is -0.311. The number of fused-ring (bicyclic) bond motifs is 1. The number of halogens is 3. The number of hydrogen-bond donors (Lipinski definition) is 2. The molecule has 1 amide bonds. The second-order valence-corrected chi connectivity index (χ2v) is 9.37. The largest absolute Gasteiger partial charge is 0.329 e. The molecule has 4 rings (SSSR count). The fourth-order valence-corrected chi connectivity index (χ4v) is 4.11. The van der Waals surface area contributed by atoms with Crippen molar-refractivity contribution in [3.8, 4) is 11.1 Å². The number of sulfonamides is 1. The van der Waals surface area contributed by atoms with Gasteiger partial charge in [-0.05, 0) is 24.3 Å². The van der Waals surface area contributed by atoms with E-state index in [1.807, 2.05) is 4.72 Å². The number of nitrogens with zero attached hydrogens (tertiary/aromatic N) is 2. The summed E-state index contributed by atoms with van der Waals surface area (Å²) < 4.78 is 54.6. The molecule has 0 fully saturated rings. The van der Waals surface area contributed by atoms with Crippen molar-refractivity contribution in [2.24, 2.45) is 0 Å². The molecule has 12 heteroatoms. The predicted molar refractivity (Wildman–Crippen MR) is 119 cm³/mol. The van der Waals surface area contributed by atoms with Crippen molar-refractivity contribution in [1.82, 2.24) is 19.3 Å². The Morgan fingerprint density at radius 1 is 1.24 bits per heavy atom. The highest BCUT2D eigenvalue weighted by Crippen LogP contribution is 2.35. The van der Waals surface area contributed by atoms with Crippen LogP contribution in [-0.2, 0) is 16.6 Å². The van der Waals surface area contributed by atoms with Crippen LogP contribution in [0.1, 0.15) is 16.1 Å². The Balaban J connectivity index is 2.09. The average molecular weight is 493 g/mol. The van der Waals surface area contributed by atoms with E-state index in [1.54, 1.807) is 0 Å². The lowest BCUT2D eigenvalue weighted by Crippen LogP contribution is -2.32. The van der Waals surface area contributed by atoms with E-state index in [1.165, 1.54) is 41.2 Å². The third kappa shape index (κ3) is 4.50. The lowest BCUT2D eigenvalue weighted by atomic mass is 10.0. The number of amides is 1. The van der Waals surface area contributed by atoms with Gasteiger partial charge in [0.05, 0.1) is 17.8 Å². The van der Waals surface area contributed by atoms with Crippen LogP contribution >= 0.6 is 11.6 Å². The van der Waals surface area contributed by atoms with Gasteiger partial charge in [0.1, 0.15) is 23.0 Å². The van der Waals surface area contributed by atoms with E-state index in [0.717, 1.165) is 12.3 Å². The molecule has 3 aromatic heterocycles. The maximum Gasteiger partial charge on any atom is 0.282 e. The van der Waals surface area contributed by atoms with Gasteiger partial charge in [0, 0.05) is 40.5 Å². The van der Waals surface area contributed by atoms with E-state index in [2.05, 4.69) is 9.97 Å². The summed E-state index contributed by atoms with van der Waals surface area (Å²) in [5, 5.41) is 0.455.